The van der Waals surface area contributed by atoms with Crippen molar-refractivity contribution < 1.29 is 14.3 Å². The third kappa shape index (κ3) is 4.36. The minimum atomic E-state index is -0.352. The summed E-state index contributed by atoms with van der Waals surface area (Å²) in [6.45, 7) is 6.11. The first kappa shape index (κ1) is 19.5. The highest BCUT2D eigenvalue weighted by atomic mass is 79.9. The van der Waals surface area contributed by atoms with Gasteiger partial charge in [0.25, 0.3) is 5.91 Å². The van der Waals surface area contributed by atoms with Crippen LogP contribution in [0.3, 0.4) is 0 Å². The highest BCUT2D eigenvalue weighted by Gasteiger charge is 2.15. The molecule has 0 saturated carbocycles. The summed E-state index contributed by atoms with van der Waals surface area (Å²) >= 11 is 4.75. The number of aromatic nitrogens is 1. The van der Waals surface area contributed by atoms with Crippen LogP contribution in [0.1, 0.15) is 28.4 Å². The summed E-state index contributed by atoms with van der Waals surface area (Å²) < 4.78 is 8.74. The van der Waals surface area contributed by atoms with Crippen molar-refractivity contribution in [2.75, 3.05) is 6.61 Å². The number of carbonyl (C=O) groups excluding carboxylic acids is 2. The SMILES string of the molecule is CCOC(=O)Cn1c(=NC(=O)c2ccc(Br)cc2)sc2cc(C)cc(C)c21. The van der Waals surface area contributed by atoms with Gasteiger partial charge >= 0.3 is 5.97 Å². The van der Waals surface area contributed by atoms with E-state index in [-0.39, 0.29) is 18.4 Å². The molecule has 0 aliphatic heterocycles. The monoisotopic (exact) mass is 446 g/mol. The smallest absolute Gasteiger partial charge is 0.326 e. The number of aryl methyl sites for hydroxylation is 2. The third-order valence-corrected chi connectivity index (χ3v) is 5.55. The zero-order valence-electron chi connectivity index (χ0n) is 15.3. The Labute approximate surface area is 169 Å². The van der Waals surface area contributed by atoms with Gasteiger partial charge in [0, 0.05) is 10.0 Å². The molecule has 7 heteroatoms. The van der Waals surface area contributed by atoms with Crippen LogP contribution >= 0.6 is 27.3 Å². The number of benzene rings is 2. The van der Waals surface area contributed by atoms with Gasteiger partial charge in [-0.25, -0.2) is 0 Å². The maximum Gasteiger partial charge on any atom is 0.326 e. The van der Waals surface area contributed by atoms with Crippen LogP contribution in [-0.2, 0) is 16.1 Å². The molecule has 0 atom stereocenters. The second-order valence-electron chi connectivity index (χ2n) is 6.13. The average molecular weight is 447 g/mol. The normalized spacial score (nSPS) is 11.8. The van der Waals surface area contributed by atoms with E-state index in [4.69, 9.17) is 4.74 Å². The van der Waals surface area contributed by atoms with Gasteiger partial charge < -0.3 is 9.30 Å². The largest absolute Gasteiger partial charge is 0.465 e. The number of esters is 1. The van der Waals surface area contributed by atoms with Crippen molar-refractivity contribution in [3.05, 3.63) is 62.4 Å². The second-order valence-corrected chi connectivity index (χ2v) is 8.05. The quantitative estimate of drug-likeness (QED) is 0.558. The minimum absolute atomic E-state index is 0.0180. The molecule has 1 heterocycles. The molecule has 0 radical (unpaired) electrons. The number of thiazole rings is 1. The van der Waals surface area contributed by atoms with Gasteiger partial charge in [0.05, 0.1) is 16.8 Å². The van der Waals surface area contributed by atoms with Crippen molar-refractivity contribution in [3.63, 3.8) is 0 Å². The number of amides is 1. The highest BCUT2D eigenvalue weighted by Crippen LogP contribution is 2.23. The standard InChI is InChI=1S/C20H19BrN2O3S/c1-4-26-17(24)11-23-18-13(3)9-12(2)10-16(18)27-20(23)22-19(25)14-5-7-15(21)8-6-14/h5-10H,4,11H2,1-3H3. The maximum absolute atomic E-state index is 12.6. The molecule has 0 bridgehead atoms. The van der Waals surface area contributed by atoms with Gasteiger partial charge in [0.2, 0.25) is 0 Å². The number of hydrogen-bond acceptors (Lipinski definition) is 4. The zero-order chi connectivity index (χ0) is 19.6. The van der Waals surface area contributed by atoms with Gasteiger partial charge in [0.15, 0.2) is 4.80 Å². The summed E-state index contributed by atoms with van der Waals surface area (Å²) in [7, 11) is 0. The van der Waals surface area contributed by atoms with E-state index in [1.54, 1.807) is 35.8 Å². The molecule has 2 aromatic carbocycles. The number of halogens is 1. The lowest BCUT2D eigenvalue weighted by molar-refractivity contribution is -0.143. The van der Waals surface area contributed by atoms with E-state index in [0.717, 1.165) is 25.8 Å². The Bertz CT molecular complexity index is 1080. The Morgan fingerprint density at radius 2 is 1.89 bits per heavy atom. The van der Waals surface area contributed by atoms with Crippen LogP contribution in [0.5, 0.6) is 0 Å². The van der Waals surface area contributed by atoms with E-state index in [0.29, 0.717) is 17.0 Å². The summed E-state index contributed by atoms with van der Waals surface area (Å²) in [5.74, 6) is -0.698. The molecule has 0 aliphatic rings. The van der Waals surface area contributed by atoms with Crippen LogP contribution in [0, 0.1) is 13.8 Å². The molecule has 140 valence electrons. The van der Waals surface area contributed by atoms with Gasteiger partial charge in [-0.05, 0) is 62.2 Å². The molecule has 1 amide bonds. The molecular weight excluding hydrogens is 428 g/mol. The van der Waals surface area contributed by atoms with Crippen LogP contribution in [-0.4, -0.2) is 23.1 Å². The number of rotatable bonds is 4. The summed E-state index contributed by atoms with van der Waals surface area (Å²) in [6.07, 6.45) is 0. The van der Waals surface area contributed by atoms with E-state index < -0.39 is 0 Å². The molecule has 27 heavy (non-hydrogen) atoms. The predicted molar refractivity (Wildman–Crippen MR) is 110 cm³/mol. The molecule has 3 rings (SSSR count). The molecule has 5 nitrogen and oxygen atoms in total. The third-order valence-electron chi connectivity index (χ3n) is 3.99. The molecule has 0 N–H and O–H groups in total. The van der Waals surface area contributed by atoms with Gasteiger partial charge in [-0.1, -0.05) is 33.3 Å². The van der Waals surface area contributed by atoms with E-state index in [9.17, 15) is 9.59 Å². The van der Waals surface area contributed by atoms with E-state index >= 15 is 0 Å². The number of ether oxygens (including phenoxy) is 1. The molecular formula is C20H19BrN2O3S. The van der Waals surface area contributed by atoms with Crippen LogP contribution in [0.2, 0.25) is 0 Å². The summed E-state index contributed by atoms with van der Waals surface area (Å²) in [5, 5.41) is 0. The van der Waals surface area contributed by atoms with Crippen molar-refractivity contribution in [1.82, 2.24) is 4.57 Å². The van der Waals surface area contributed by atoms with Gasteiger partial charge in [-0.3, -0.25) is 9.59 Å². The first-order valence-corrected chi connectivity index (χ1v) is 10.1. The Balaban J connectivity index is 2.15. The van der Waals surface area contributed by atoms with Crippen molar-refractivity contribution in [1.29, 1.82) is 0 Å². The van der Waals surface area contributed by atoms with Gasteiger partial charge in [-0.2, -0.15) is 4.99 Å². The van der Waals surface area contributed by atoms with E-state index in [1.165, 1.54) is 11.3 Å². The molecule has 1 aromatic heterocycles. The van der Waals surface area contributed by atoms with Crippen molar-refractivity contribution in [2.45, 2.75) is 27.3 Å². The van der Waals surface area contributed by atoms with E-state index in [1.807, 2.05) is 19.9 Å². The fourth-order valence-electron chi connectivity index (χ4n) is 2.90. The Hall–Kier alpha value is -2.25. The lowest BCUT2D eigenvalue weighted by Crippen LogP contribution is -2.23. The van der Waals surface area contributed by atoms with Crippen LogP contribution < -0.4 is 4.80 Å². The number of nitrogens with zero attached hydrogens (tertiary/aromatic N) is 2. The zero-order valence-corrected chi connectivity index (χ0v) is 17.7. The fraction of sp³-hybridized carbons (Fsp3) is 0.250. The molecule has 0 aliphatic carbocycles. The van der Waals surface area contributed by atoms with Crippen molar-refractivity contribution in [3.8, 4) is 0 Å². The molecule has 0 fully saturated rings. The number of hydrogen-bond donors (Lipinski definition) is 0. The van der Waals surface area contributed by atoms with Gasteiger partial charge in [0.1, 0.15) is 6.54 Å². The molecule has 0 spiro atoms. The predicted octanol–water partition coefficient (Wildman–Crippen LogP) is 4.39. The topological polar surface area (TPSA) is 60.7 Å². The van der Waals surface area contributed by atoms with E-state index in [2.05, 4.69) is 27.0 Å². The van der Waals surface area contributed by atoms with Gasteiger partial charge in [-0.15, -0.1) is 0 Å². The first-order chi connectivity index (χ1) is 12.9. The molecule has 3 aromatic rings. The number of carbonyl (C=O) groups is 2. The lowest BCUT2D eigenvalue weighted by atomic mass is 10.1. The number of fused-ring (bicyclic) bond motifs is 1. The highest BCUT2D eigenvalue weighted by molar-refractivity contribution is 9.10. The summed E-state index contributed by atoms with van der Waals surface area (Å²) in [5.41, 5.74) is 3.55. The fourth-order valence-corrected chi connectivity index (χ4v) is 4.37. The average Bonchev–Trinajstić information content (AvgIpc) is 2.92. The second kappa shape index (κ2) is 8.19. The molecule has 0 saturated heterocycles. The Kier molecular flexibility index (Phi) is 5.92. The van der Waals surface area contributed by atoms with Crippen LogP contribution in [0.15, 0.2) is 45.9 Å². The lowest BCUT2D eigenvalue weighted by Gasteiger charge is -2.07. The van der Waals surface area contributed by atoms with Crippen LogP contribution in [0.4, 0.5) is 0 Å². The summed E-state index contributed by atoms with van der Waals surface area (Å²) in [6, 6.07) is 11.1. The maximum atomic E-state index is 12.6. The van der Waals surface area contributed by atoms with Crippen molar-refractivity contribution >= 4 is 49.4 Å². The Morgan fingerprint density at radius 3 is 2.56 bits per heavy atom. The molecule has 0 unspecified atom stereocenters. The minimum Gasteiger partial charge on any atom is -0.465 e. The summed E-state index contributed by atoms with van der Waals surface area (Å²) in [4.78, 5) is 29.5. The van der Waals surface area contributed by atoms with Crippen LogP contribution in [0.25, 0.3) is 10.2 Å². The van der Waals surface area contributed by atoms with Crippen molar-refractivity contribution in [2.24, 2.45) is 4.99 Å². The Morgan fingerprint density at radius 1 is 1.19 bits per heavy atom. The first-order valence-electron chi connectivity index (χ1n) is 8.50.